The number of carbonyl (C=O) groups is 1. The van der Waals surface area contributed by atoms with E-state index in [0.29, 0.717) is 0 Å². The van der Waals surface area contributed by atoms with Crippen LogP contribution in [0.4, 0.5) is 3.89 Å². The molecule has 1 aromatic rings. The summed E-state index contributed by atoms with van der Waals surface area (Å²) >= 11 is 5.68. The first-order chi connectivity index (χ1) is 8.18. The van der Waals surface area contributed by atoms with Crippen molar-refractivity contribution in [3.63, 3.8) is 0 Å². The van der Waals surface area contributed by atoms with Crippen molar-refractivity contribution in [1.82, 2.24) is 4.90 Å². The summed E-state index contributed by atoms with van der Waals surface area (Å²) in [6.07, 6.45) is 0. The van der Waals surface area contributed by atoms with Gasteiger partial charge < -0.3 is 9.64 Å². The fourth-order valence-electron chi connectivity index (χ4n) is 1.36. The molecule has 100 valence electrons. The van der Waals surface area contributed by atoms with Crippen LogP contribution in [0.5, 0.6) is 5.75 Å². The second-order valence-electron chi connectivity index (χ2n) is 3.62. The van der Waals surface area contributed by atoms with Crippen LogP contribution in [0, 0.1) is 0 Å². The zero-order chi connectivity index (χ0) is 14.1. The lowest BCUT2D eigenvalue weighted by Gasteiger charge is -2.15. The van der Waals surface area contributed by atoms with Crippen LogP contribution in [0.1, 0.15) is 10.4 Å². The van der Waals surface area contributed by atoms with Crippen LogP contribution < -0.4 is 4.74 Å². The zero-order valence-electron chi connectivity index (χ0n) is 9.90. The molecule has 0 aliphatic heterocycles. The van der Waals surface area contributed by atoms with Gasteiger partial charge in [0, 0.05) is 19.1 Å². The van der Waals surface area contributed by atoms with E-state index in [0.717, 1.165) is 13.2 Å². The van der Waals surface area contributed by atoms with Crippen LogP contribution in [-0.4, -0.2) is 40.4 Å². The van der Waals surface area contributed by atoms with E-state index in [4.69, 9.17) is 16.3 Å². The Bertz CT molecular complexity index is 586. The number of amides is 1. The molecule has 8 heteroatoms. The van der Waals surface area contributed by atoms with Gasteiger partial charge in [-0.2, -0.15) is 8.42 Å². The van der Waals surface area contributed by atoms with Crippen LogP contribution in [0.2, 0.25) is 5.02 Å². The second kappa shape index (κ2) is 5.11. The molecule has 0 aliphatic rings. The number of halogens is 2. The molecule has 0 aromatic heterocycles. The molecular formula is C10H11ClFNO4S. The van der Waals surface area contributed by atoms with Crippen LogP contribution in [0.15, 0.2) is 17.0 Å². The lowest BCUT2D eigenvalue weighted by Crippen LogP contribution is -2.22. The molecule has 1 rings (SSSR count). The largest absolute Gasteiger partial charge is 0.494 e. The summed E-state index contributed by atoms with van der Waals surface area (Å²) in [6, 6.07) is 2.11. The summed E-state index contributed by atoms with van der Waals surface area (Å²) in [4.78, 5) is 12.3. The molecule has 18 heavy (non-hydrogen) atoms. The molecule has 0 atom stereocenters. The second-order valence-corrected chi connectivity index (χ2v) is 5.37. The summed E-state index contributed by atoms with van der Waals surface area (Å²) < 4.78 is 39.9. The Morgan fingerprint density at radius 1 is 1.39 bits per heavy atom. The van der Waals surface area contributed by atoms with Crippen molar-refractivity contribution in [1.29, 1.82) is 0 Å². The van der Waals surface area contributed by atoms with Crippen LogP contribution in [-0.2, 0) is 10.2 Å². The summed E-state index contributed by atoms with van der Waals surface area (Å²) in [5.41, 5.74) is -0.119. The van der Waals surface area contributed by atoms with Crippen LogP contribution in [0.25, 0.3) is 0 Å². The minimum Gasteiger partial charge on any atom is -0.494 e. The molecule has 0 fully saturated rings. The highest BCUT2D eigenvalue weighted by Gasteiger charge is 2.26. The van der Waals surface area contributed by atoms with Crippen molar-refractivity contribution < 1.29 is 21.8 Å². The zero-order valence-corrected chi connectivity index (χ0v) is 11.5. The van der Waals surface area contributed by atoms with E-state index in [1.165, 1.54) is 25.1 Å². The molecule has 0 radical (unpaired) electrons. The van der Waals surface area contributed by atoms with Crippen molar-refractivity contribution in [3.8, 4) is 5.75 Å². The molecule has 0 saturated heterocycles. The number of ether oxygens (including phenoxy) is 1. The van der Waals surface area contributed by atoms with Gasteiger partial charge in [0.05, 0.1) is 12.7 Å². The van der Waals surface area contributed by atoms with Crippen molar-refractivity contribution in [3.05, 3.63) is 22.7 Å². The molecule has 0 spiro atoms. The number of benzene rings is 1. The fourth-order valence-corrected chi connectivity index (χ4v) is 2.33. The first-order valence-corrected chi connectivity index (χ1v) is 6.48. The Morgan fingerprint density at radius 3 is 2.33 bits per heavy atom. The number of hydrogen-bond acceptors (Lipinski definition) is 4. The minimum absolute atomic E-state index is 0.0720. The van der Waals surface area contributed by atoms with Gasteiger partial charge in [-0.1, -0.05) is 11.6 Å². The van der Waals surface area contributed by atoms with E-state index >= 15 is 0 Å². The maximum absolute atomic E-state index is 13.1. The molecule has 0 saturated carbocycles. The number of nitrogens with zero attached hydrogens (tertiary/aromatic N) is 1. The number of hydrogen-bond donors (Lipinski definition) is 0. The summed E-state index contributed by atoms with van der Waals surface area (Å²) in [6.45, 7) is 0. The fraction of sp³-hybridized carbons (Fsp3) is 0.300. The Hall–Kier alpha value is -1.34. The van der Waals surface area contributed by atoms with Crippen LogP contribution in [0.3, 0.4) is 0 Å². The quantitative estimate of drug-likeness (QED) is 0.796. The third-order valence-electron chi connectivity index (χ3n) is 2.12. The molecular weight excluding hydrogens is 285 g/mol. The van der Waals surface area contributed by atoms with E-state index in [2.05, 4.69) is 0 Å². The maximum Gasteiger partial charge on any atom is 0.335 e. The Kier molecular flexibility index (Phi) is 4.18. The number of methoxy groups -OCH3 is 1. The van der Waals surface area contributed by atoms with Gasteiger partial charge >= 0.3 is 10.2 Å². The van der Waals surface area contributed by atoms with Gasteiger partial charge in [-0.15, -0.1) is 3.89 Å². The molecule has 0 N–H and O–H groups in total. The summed E-state index contributed by atoms with van der Waals surface area (Å²) in [7, 11) is -0.958. The van der Waals surface area contributed by atoms with E-state index in [-0.39, 0.29) is 16.3 Å². The molecule has 0 heterocycles. The van der Waals surface area contributed by atoms with Gasteiger partial charge in [0.25, 0.3) is 5.91 Å². The predicted molar refractivity (Wildman–Crippen MR) is 64.3 cm³/mol. The third-order valence-corrected chi connectivity index (χ3v) is 3.17. The Labute approximate surface area is 109 Å². The molecule has 0 unspecified atom stereocenters. The predicted octanol–water partition coefficient (Wildman–Crippen LogP) is 1.71. The number of carbonyl (C=O) groups excluding carboxylic acids is 1. The van der Waals surface area contributed by atoms with Gasteiger partial charge in [0.2, 0.25) is 0 Å². The normalized spacial score (nSPS) is 11.2. The molecule has 1 aromatic carbocycles. The first kappa shape index (κ1) is 14.7. The monoisotopic (exact) mass is 295 g/mol. The van der Waals surface area contributed by atoms with E-state index < -0.39 is 21.0 Å². The molecule has 5 nitrogen and oxygen atoms in total. The maximum atomic E-state index is 13.1. The van der Waals surface area contributed by atoms with Gasteiger partial charge in [0.15, 0.2) is 5.75 Å². The Balaban J connectivity index is 3.63. The Morgan fingerprint density at radius 2 is 1.94 bits per heavy atom. The highest BCUT2D eigenvalue weighted by atomic mass is 35.5. The average molecular weight is 296 g/mol. The SMILES string of the molecule is COc1c(C(=O)N(C)C)cc(Cl)cc1S(=O)(=O)F. The molecule has 0 aliphatic carbocycles. The van der Waals surface area contributed by atoms with Crippen LogP contribution >= 0.6 is 11.6 Å². The smallest absolute Gasteiger partial charge is 0.335 e. The van der Waals surface area contributed by atoms with E-state index in [1.807, 2.05) is 0 Å². The molecule has 1 amide bonds. The van der Waals surface area contributed by atoms with Gasteiger partial charge in [0.1, 0.15) is 4.90 Å². The van der Waals surface area contributed by atoms with Crippen molar-refractivity contribution in [2.24, 2.45) is 0 Å². The minimum atomic E-state index is -5.03. The van der Waals surface area contributed by atoms with Gasteiger partial charge in [-0.05, 0) is 12.1 Å². The lowest BCUT2D eigenvalue weighted by molar-refractivity contribution is 0.0824. The summed E-state index contributed by atoms with van der Waals surface area (Å²) in [5, 5.41) is -0.0720. The highest BCUT2D eigenvalue weighted by Crippen LogP contribution is 2.33. The van der Waals surface area contributed by atoms with Crippen molar-refractivity contribution in [2.45, 2.75) is 4.90 Å². The topological polar surface area (TPSA) is 63.7 Å². The molecule has 0 bridgehead atoms. The van der Waals surface area contributed by atoms with Gasteiger partial charge in [-0.3, -0.25) is 4.79 Å². The van der Waals surface area contributed by atoms with Gasteiger partial charge in [-0.25, -0.2) is 0 Å². The summed E-state index contributed by atoms with van der Waals surface area (Å²) in [5.74, 6) is -0.903. The third kappa shape index (κ3) is 2.91. The average Bonchev–Trinajstić information content (AvgIpc) is 2.25. The highest BCUT2D eigenvalue weighted by molar-refractivity contribution is 7.86. The standard InChI is InChI=1S/C10H11ClFNO4S/c1-13(2)10(14)7-4-6(11)5-8(9(7)17-3)18(12,15)16/h4-5H,1-3H3. The van der Waals surface area contributed by atoms with Crippen molar-refractivity contribution in [2.75, 3.05) is 21.2 Å². The van der Waals surface area contributed by atoms with Crippen molar-refractivity contribution >= 4 is 27.7 Å². The van der Waals surface area contributed by atoms with E-state index in [1.54, 1.807) is 0 Å². The number of rotatable bonds is 3. The first-order valence-electron chi connectivity index (χ1n) is 4.72. The lowest BCUT2D eigenvalue weighted by atomic mass is 10.2. The van der Waals surface area contributed by atoms with E-state index in [9.17, 15) is 17.1 Å².